The van der Waals surface area contributed by atoms with E-state index in [1.807, 2.05) is 13.8 Å². The van der Waals surface area contributed by atoms with Gasteiger partial charge in [-0.1, -0.05) is 18.2 Å². The van der Waals surface area contributed by atoms with Crippen LogP contribution in [0.2, 0.25) is 0 Å². The Bertz CT molecular complexity index is 835. The van der Waals surface area contributed by atoms with Gasteiger partial charge < -0.3 is 15.5 Å². The molecule has 0 saturated carbocycles. The Morgan fingerprint density at radius 2 is 1.70 bits per heavy atom. The van der Waals surface area contributed by atoms with Gasteiger partial charge in [0.05, 0.1) is 12.1 Å². The van der Waals surface area contributed by atoms with Crippen molar-refractivity contribution in [2.24, 2.45) is 0 Å². The van der Waals surface area contributed by atoms with Gasteiger partial charge in [0.15, 0.2) is 0 Å². The number of amides is 3. The van der Waals surface area contributed by atoms with Crippen molar-refractivity contribution in [2.75, 3.05) is 25.0 Å². The minimum atomic E-state index is -0.672. The Morgan fingerprint density at radius 1 is 1.00 bits per heavy atom. The normalized spacial score (nSPS) is 10.2. The Morgan fingerprint density at radius 3 is 2.37 bits per heavy atom. The smallest absolute Gasteiger partial charge is 0.254 e. The molecule has 2 aromatic rings. The Kier molecular flexibility index (Phi) is 7.05. The molecule has 142 valence electrons. The molecule has 0 aliphatic rings. The Hall–Kier alpha value is -3.22. The first kappa shape index (κ1) is 20.1. The van der Waals surface area contributed by atoms with Crippen LogP contribution in [0.25, 0.3) is 0 Å². The zero-order chi connectivity index (χ0) is 19.8. The van der Waals surface area contributed by atoms with E-state index >= 15 is 0 Å². The van der Waals surface area contributed by atoms with Crippen molar-refractivity contribution in [1.29, 1.82) is 0 Å². The van der Waals surface area contributed by atoms with Crippen LogP contribution in [0.15, 0.2) is 48.5 Å². The predicted octanol–water partition coefficient (Wildman–Crippen LogP) is 2.68. The van der Waals surface area contributed by atoms with Gasteiger partial charge in [-0.05, 0) is 44.2 Å². The third kappa shape index (κ3) is 5.37. The number of halogens is 1. The monoisotopic (exact) mass is 371 g/mol. The van der Waals surface area contributed by atoms with Crippen molar-refractivity contribution in [3.63, 3.8) is 0 Å². The topological polar surface area (TPSA) is 78.5 Å². The number of hydrogen-bond donors (Lipinski definition) is 2. The summed E-state index contributed by atoms with van der Waals surface area (Å²) in [6.45, 7) is 4.65. The van der Waals surface area contributed by atoms with E-state index in [-0.39, 0.29) is 18.0 Å². The largest absolute Gasteiger partial charge is 0.343 e. The van der Waals surface area contributed by atoms with E-state index in [2.05, 4.69) is 10.6 Å². The molecule has 0 heterocycles. The minimum Gasteiger partial charge on any atom is -0.343 e. The standard InChI is InChI=1S/C20H22FN3O3/c1-3-24(4-2)20(27)14-8-7-9-15(12-14)23-18(25)13-22-19(26)16-10-5-6-11-17(16)21/h5-12H,3-4,13H2,1-2H3,(H,22,26)(H,23,25). The maximum atomic E-state index is 13.6. The molecule has 3 amide bonds. The third-order valence-electron chi connectivity index (χ3n) is 3.97. The van der Waals surface area contributed by atoms with Crippen molar-refractivity contribution in [1.82, 2.24) is 10.2 Å². The predicted molar refractivity (Wildman–Crippen MR) is 101 cm³/mol. The van der Waals surface area contributed by atoms with E-state index in [9.17, 15) is 18.8 Å². The van der Waals surface area contributed by atoms with Crippen LogP contribution in [-0.4, -0.2) is 42.3 Å². The maximum Gasteiger partial charge on any atom is 0.254 e. The van der Waals surface area contributed by atoms with Crippen LogP contribution in [0.3, 0.4) is 0 Å². The van der Waals surface area contributed by atoms with Crippen LogP contribution in [-0.2, 0) is 4.79 Å². The van der Waals surface area contributed by atoms with Gasteiger partial charge in [-0.25, -0.2) is 4.39 Å². The lowest BCUT2D eigenvalue weighted by Crippen LogP contribution is -2.33. The Labute approximate surface area is 157 Å². The van der Waals surface area contributed by atoms with Gasteiger partial charge >= 0.3 is 0 Å². The summed E-state index contributed by atoms with van der Waals surface area (Å²) in [6.07, 6.45) is 0. The highest BCUT2D eigenvalue weighted by Crippen LogP contribution is 2.13. The van der Waals surface area contributed by atoms with Crippen molar-refractivity contribution < 1.29 is 18.8 Å². The molecule has 27 heavy (non-hydrogen) atoms. The zero-order valence-corrected chi connectivity index (χ0v) is 15.3. The highest BCUT2D eigenvalue weighted by atomic mass is 19.1. The third-order valence-corrected chi connectivity index (χ3v) is 3.97. The highest BCUT2D eigenvalue weighted by Gasteiger charge is 2.14. The number of anilines is 1. The van der Waals surface area contributed by atoms with E-state index < -0.39 is 17.6 Å². The number of nitrogens with one attached hydrogen (secondary N) is 2. The molecule has 6 nitrogen and oxygen atoms in total. The molecule has 0 aromatic heterocycles. The van der Waals surface area contributed by atoms with E-state index in [4.69, 9.17) is 0 Å². The second kappa shape index (κ2) is 9.47. The fourth-order valence-electron chi connectivity index (χ4n) is 2.53. The van der Waals surface area contributed by atoms with Gasteiger partial charge in [-0.3, -0.25) is 14.4 Å². The summed E-state index contributed by atoms with van der Waals surface area (Å²) in [5, 5.41) is 4.98. The summed E-state index contributed by atoms with van der Waals surface area (Å²) in [5.74, 6) is -1.93. The summed E-state index contributed by atoms with van der Waals surface area (Å²) in [6, 6.07) is 12.1. The summed E-state index contributed by atoms with van der Waals surface area (Å²) in [5.41, 5.74) is 0.780. The van der Waals surface area contributed by atoms with Gasteiger partial charge in [0.2, 0.25) is 5.91 Å². The Balaban J connectivity index is 1.96. The van der Waals surface area contributed by atoms with Gasteiger partial charge in [-0.2, -0.15) is 0 Å². The van der Waals surface area contributed by atoms with Gasteiger partial charge in [0, 0.05) is 24.3 Å². The van der Waals surface area contributed by atoms with Crippen LogP contribution in [0.1, 0.15) is 34.6 Å². The molecule has 0 radical (unpaired) electrons. The number of hydrogen-bond acceptors (Lipinski definition) is 3. The van der Waals surface area contributed by atoms with Crippen LogP contribution < -0.4 is 10.6 Å². The molecule has 0 fully saturated rings. The number of benzene rings is 2. The molecule has 0 spiro atoms. The maximum absolute atomic E-state index is 13.6. The molecule has 2 aromatic carbocycles. The average molecular weight is 371 g/mol. The van der Waals surface area contributed by atoms with Gasteiger partial charge in [0.25, 0.3) is 11.8 Å². The average Bonchev–Trinajstić information content (AvgIpc) is 2.67. The lowest BCUT2D eigenvalue weighted by molar-refractivity contribution is -0.115. The van der Waals surface area contributed by atoms with E-state index in [0.29, 0.717) is 24.3 Å². The van der Waals surface area contributed by atoms with Crippen molar-refractivity contribution in [3.05, 3.63) is 65.5 Å². The highest BCUT2D eigenvalue weighted by molar-refractivity contribution is 6.00. The molecule has 0 unspecified atom stereocenters. The zero-order valence-electron chi connectivity index (χ0n) is 15.3. The molecule has 2 N–H and O–H groups in total. The number of rotatable bonds is 7. The molecule has 0 atom stereocenters. The first-order valence-corrected chi connectivity index (χ1v) is 8.68. The SMILES string of the molecule is CCN(CC)C(=O)c1cccc(NC(=O)CNC(=O)c2ccccc2F)c1. The van der Waals surface area contributed by atoms with E-state index in [1.54, 1.807) is 29.2 Å². The van der Waals surface area contributed by atoms with Crippen molar-refractivity contribution in [3.8, 4) is 0 Å². The molecule has 7 heteroatoms. The number of carbonyl (C=O) groups is 3. The second-order valence-electron chi connectivity index (χ2n) is 5.77. The van der Waals surface area contributed by atoms with Crippen molar-refractivity contribution in [2.45, 2.75) is 13.8 Å². The molecule has 2 rings (SSSR count). The number of nitrogens with zero attached hydrogens (tertiary/aromatic N) is 1. The quantitative estimate of drug-likeness (QED) is 0.785. The number of carbonyl (C=O) groups excluding carboxylic acids is 3. The first-order valence-electron chi connectivity index (χ1n) is 8.68. The lowest BCUT2D eigenvalue weighted by atomic mass is 10.1. The second-order valence-corrected chi connectivity index (χ2v) is 5.77. The summed E-state index contributed by atoms with van der Waals surface area (Å²) in [7, 11) is 0. The molecule has 0 aliphatic heterocycles. The van der Waals surface area contributed by atoms with E-state index in [0.717, 1.165) is 0 Å². The minimum absolute atomic E-state index is 0.121. The molecule has 0 bridgehead atoms. The lowest BCUT2D eigenvalue weighted by Gasteiger charge is -2.19. The van der Waals surface area contributed by atoms with Crippen molar-refractivity contribution >= 4 is 23.4 Å². The molecular formula is C20H22FN3O3. The fourth-order valence-corrected chi connectivity index (χ4v) is 2.53. The summed E-state index contributed by atoms with van der Waals surface area (Å²) in [4.78, 5) is 38.0. The van der Waals surface area contributed by atoms with Crippen LogP contribution >= 0.6 is 0 Å². The summed E-state index contributed by atoms with van der Waals surface area (Å²) < 4.78 is 13.6. The van der Waals surface area contributed by atoms with Crippen LogP contribution in [0.4, 0.5) is 10.1 Å². The van der Waals surface area contributed by atoms with Crippen LogP contribution in [0.5, 0.6) is 0 Å². The summed E-state index contributed by atoms with van der Waals surface area (Å²) >= 11 is 0. The van der Waals surface area contributed by atoms with Gasteiger partial charge in [-0.15, -0.1) is 0 Å². The molecule has 0 aliphatic carbocycles. The molecular weight excluding hydrogens is 349 g/mol. The fraction of sp³-hybridized carbons (Fsp3) is 0.250. The van der Waals surface area contributed by atoms with Crippen LogP contribution in [0, 0.1) is 5.82 Å². The molecule has 0 saturated heterocycles. The first-order chi connectivity index (χ1) is 13.0. The van der Waals surface area contributed by atoms with Gasteiger partial charge in [0.1, 0.15) is 5.82 Å². The van der Waals surface area contributed by atoms with E-state index in [1.165, 1.54) is 24.3 Å².